The van der Waals surface area contributed by atoms with E-state index in [0.29, 0.717) is 6.54 Å². The van der Waals surface area contributed by atoms with Crippen molar-refractivity contribution < 1.29 is 14.1 Å². The number of hydrogen-bond donors (Lipinski definition) is 1. The van der Waals surface area contributed by atoms with Gasteiger partial charge in [0.1, 0.15) is 11.4 Å². The summed E-state index contributed by atoms with van der Waals surface area (Å²) in [7, 11) is 0. The smallest absolute Gasteiger partial charge is 0.322 e. The zero-order valence-corrected chi connectivity index (χ0v) is 11.8. The Kier molecular flexibility index (Phi) is 3.78. The first-order valence-electron chi connectivity index (χ1n) is 7.01. The average molecular weight is 301 g/mol. The number of nitro benzene ring substituents is 1. The normalized spacial score (nSPS) is 17.5. The number of likely N-dealkylation sites (tertiary alicyclic amines) is 1. The van der Waals surface area contributed by atoms with E-state index in [1.165, 1.54) is 12.1 Å². The maximum atomic E-state index is 12.4. The number of rotatable bonds is 3. The number of carbonyl (C=O) groups excluding carboxylic acids is 1. The van der Waals surface area contributed by atoms with Crippen molar-refractivity contribution in [2.24, 2.45) is 0 Å². The van der Waals surface area contributed by atoms with Gasteiger partial charge in [0.25, 0.3) is 5.69 Å². The van der Waals surface area contributed by atoms with Crippen LogP contribution in [0.15, 0.2) is 47.1 Å². The van der Waals surface area contributed by atoms with Crippen LogP contribution in [0.4, 0.5) is 16.2 Å². The molecule has 1 aliphatic heterocycles. The molecule has 0 spiro atoms. The lowest BCUT2D eigenvalue weighted by atomic mass is 10.2. The molecule has 1 aromatic heterocycles. The van der Waals surface area contributed by atoms with Crippen LogP contribution in [0.5, 0.6) is 0 Å². The van der Waals surface area contributed by atoms with Crippen LogP contribution in [-0.2, 0) is 0 Å². The molecular formula is C15H15N3O4. The Balaban J connectivity index is 1.79. The van der Waals surface area contributed by atoms with E-state index in [9.17, 15) is 14.9 Å². The molecule has 2 heterocycles. The third-order valence-corrected chi connectivity index (χ3v) is 3.73. The molecule has 1 fully saturated rings. The van der Waals surface area contributed by atoms with Gasteiger partial charge < -0.3 is 14.6 Å². The maximum Gasteiger partial charge on any atom is 0.322 e. The van der Waals surface area contributed by atoms with E-state index in [1.54, 1.807) is 29.4 Å². The van der Waals surface area contributed by atoms with Gasteiger partial charge in [-0.2, -0.15) is 0 Å². The van der Waals surface area contributed by atoms with Crippen molar-refractivity contribution in [3.8, 4) is 0 Å². The van der Waals surface area contributed by atoms with E-state index < -0.39 is 4.92 Å². The van der Waals surface area contributed by atoms with Gasteiger partial charge in [0.2, 0.25) is 0 Å². The van der Waals surface area contributed by atoms with Crippen molar-refractivity contribution >= 4 is 17.4 Å². The second-order valence-electron chi connectivity index (χ2n) is 5.07. The zero-order chi connectivity index (χ0) is 15.5. The molecule has 114 valence electrons. The van der Waals surface area contributed by atoms with Crippen LogP contribution < -0.4 is 5.32 Å². The van der Waals surface area contributed by atoms with Crippen molar-refractivity contribution in [1.82, 2.24) is 4.90 Å². The Morgan fingerprint density at radius 1 is 1.32 bits per heavy atom. The summed E-state index contributed by atoms with van der Waals surface area (Å²) >= 11 is 0. The molecule has 7 heteroatoms. The van der Waals surface area contributed by atoms with Crippen LogP contribution in [0.3, 0.4) is 0 Å². The summed E-state index contributed by atoms with van der Waals surface area (Å²) in [5, 5.41) is 13.6. The lowest BCUT2D eigenvalue weighted by Crippen LogP contribution is -2.34. The second-order valence-corrected chi connectivity index (χ2v) is 5.07. The van der Waals surface area contributed by atoms with E-state index in [4.69, 9.17) is 4.42 Å². The van der Waals surface area contributed by atoms with Crippen molar-refractivity contribution in [3.63, 3.8) is 0 Å². The van der Waals surface area contributed by atoms with Gasteiger partial charge in [0, 0.05) is 12.6 Å². The Hall–Kier alpha value is -2.83. The maximum absolute atomic E-state index is 12.4. The molecule has 3 rings (SSSR count). The fraction of sp³-hybridized carbons (Fsp3) is 0.267. The summed E-state index contributed by atoms with van der Waals surface area (Å²) in [5.41, 5.74) is 0.0761. The van der Waals surface area contributed by atoms with Crippen LogP contribution in [0, 0.1) is 10.1 Å². The van der Waals surface area contributed by atoms with E-state index in [0.717, 1.165) is 18.6 Å². The number of amides is 2. The van der Waals surface area contributed by atoms with Crippen molar-refractivity contribution in [2.75, 3.05) is 11.9 Å². The number of hydrogen-bond acceptors (Lipinski definition) is 4. The predicted molar refractivity (Wildman–Crippen MR) is 79.5 cm³/mol. The molecular weight excluding hydrogens is 286 g/mol. The molecule has 0 aliphatic carbocycles. The van der Waals surface area contributed by atoms with E-state index in [2.05, 4.69) is 5.32 Å². The highest BCUT2D eigenvalue weighted by molar-refractivity contribution is 5.92. The molecule has 7 nitrogen and oxygen atoms in total. The number of nitrogens with zero attached hydrogens (tertiary/aromatic N) is 2. The summed E-state index contributed by atoms with van der Waals surface area (Å²) < 4.78 is 5.38. The number of anilines is 1. The van der Waals surface area contributed by atoms with Crippen molar-refractivity contribution in [1.29, 1.82) is 0 Å². The highest BCUT2D eigenvalue weighted by Gasteiger charge is 2.32. The van der Waals surface area contributed by atoms with E-state index >= 15 is 0 Å². The van der Waals surface area contributed by atoms with Gasteiger partial charge in [0.05, 0.1) is 17.2 Å². The van der Waals surface area contributed by atoms with Gasteiger partial charge in [-0.15, -0.1) is 0 Å². The number of benzene rings is 1. The SMILES string of the molecule is O=C(Nc1ccccc1[N+](=O)[O-])N1CCC[C@H]1c1ccco1. The molecule has 1 atom stereocenters. The molecule has 1 saturated heterocycles. The average Bonchev–Trinajstić information content (AvgIpc) is 3.18. The van der Waals surface area contributed by atoms with Gasteiger partial charge >= 0.3 is 6.03 Å². The van der Waals surface area contributed by atoms with Crippen LogP contribution in [0.2, 0.25) is 0 Å². The first-order chi connectivity index (χ1) is 10.7. The molecule has 0 saturated carbocycles. The number of urea groups is 1. The highest BCUT2D eigenvalue weighted by atomic mass is 16.6. The Labute approximate surface area is 126 Å². The molecule has 1 aromatic carbocycles. The number of furan rings is 1. The first-order valence-corrected chi connectivity index (χ1v) is 7.01. The van der Waals surface area contributed by atoms with Crippen molar-refractivity contribution in [3.05, 3.63) is 58.5 Å². The third-order valence-electron chi connectivity index (χ3n) is 3.73. The Bertz CT molecular complexity index is 684. The summed E-state index contributed by atoms with van der Waals surface area (Å²) in [5.74, 6) is 0.732. The minimum absolute atomic E-state index is 0.121. The lowest BCUT2D eigenvalue weighted by Gasteiger charge is -2.23. The summed E-state index contributed by atoms with van der Waals surface area (Å²) in [6.45, 7) is 0.595. The fourth-order valence-electron chi connectivity index (χ4n) is 2.71. The van der Waals surface area contributed by atoms with Crippen LogP contribution in [-0.4, -0.2) is 22.4 Å². The standard InChI is InChI=1S/C15H15N3O4/c19-15(16-11-5-1-2-6-12(11)18(20)21)17-9-3-7-13(17)14-8-4-10-22-14/h1-2,4-6,8,10,13H,3,7,9H2,(H,16,19)/t13-/m0/s1. The minimum Gasteiger partial charge on any atom is -0.467 e. The molecule has 22 heavy (non-hydrogen) atoms. The van der Waals surface area contributed by atoms with Gasteiger partial charge in [0.15, 0.2) is 0 Å². The van der Waals surface area contributed by atoms with E-state index in [1.807, 2.05) is 6.07 Å². The number of carbonyl (C=O) groups is 1. The molecule has 2 aromatic rings. The van der Waals surface area contributed by atoms with Crippen molar-refractivity contribution in [2.45, 2.75) is 18.9 Å². The van der Waals surface area contributed by atoms with E-state index in [-0.39, 0.29) is 23.4 Å². The number of para-hydroxylation sites is 2. The third kappa shape index (κ3) is 2.65. The zero-order valence-electron chi connectivity index (χ0n) is 11.8. The molecule has 0 unspecified atom stereocenters. The Morgan fingerprint density at radius 3 is 2.86 bits per heavy atom. The topological polar surface area (TPSA) is 88.6 Å². The fourth-order valence-corrected chi connectivity index (χ4v) is 2.71. The largest absolute Gasteiger partial charge is 0.467 e. The monoisotopic (exact) mass is 301 g/mol. The van der Waals surface area contributed by atoms with Gasteiger partial charge in [-0.1, -0.05) is 12.1 Å². The van der Waals surface area contributed by atoms with Gasteiger partial charge in [-0.05, 0) is 31.0 Å². The Morgan fingerprint density at radius 2 is 2.14 bits per heavy atom. The van der Waals surface area contributed by atoms with Crippen LogP contribution in [0.1, 0.15) is 24.6 Å². The number of nitro groups is 1. The summed E-state index contributed by atoms with van der Waals surface area (Å²) in [6, 6.07) is 9.24. The number of nitrogens with one attached hydrogen (secondary N) is 1. The van der Waals surface area contributed by atoms with Crippen LogP contribution >= 0.6 is 0 Å². The summed E-state index contributed by atoms with van der Waals surface area (Å²) in [4.78, 5) is 24.6. The van der Waals surface area contributed by atoms with Crippen LogP contribution in [0.25, 0.3) is 0 Å². The highest BCUT2D eigenvalue weighted by Crippen LogP contribution is 2.33. The van der Waals surface area contributed by atoms with Gasteiger partial charge in [-0.3, -0.25) is 10.1 Å². The second kappa shape index (κ2) is 5.88. The quantitative estimate of drug-likeness (QED) is 0.693. The molecule has 0 radical (unpaired) electrons. The summed E-state index contributed by atoms with van der Waals surface area (Å²) in [6.07, 6.45) is 3.26. The molecule has 1 aliphatic rings. The van der Waals surface area contributed by atoms with Gasteiger partial charge in [-0.25, -0.2) is 4.79 Å². The molecule has 0 bridgehead atoms. The lowest BCUT2D eigenvalue weighted by molar-refractivity contribution is -0.383. The minimum atomic E-state index is -0.510. The molecule has 1 N–H and O–H groups in total. The molecule has 2 amide bonds. The first kappa shape index (κ1) is 14.1. The predicted octanol–water partition coefficient (Wildman–Crippen LogP) is 3.56.